The first-order chi connectivity index (χ1) is 44.2. The zero-order chi connectivity index (χ0) is 65.1. The Labute approximate surface area is 553 Å². The van der Waals surface area contributed by atoms with Crippen molar-refractivity contribution >= 4 is 121 Å². The van der Waals surface area contributed by atoms with Gasteiger partial charge in [0.2, 0.25) is 17.7 Å². The molecule has 0 saturated heterocycles. The molecular formula is C63H66N12O11S6. The fraction of sp³-hybridized carbons (Fsp3) is 0.413. The number of fused-ring (bicyclic) bond motifs is 14. The fourth-order valence-corrected chi connectivity index (χ4v) is 17.5. The smallest absolute Gasteiger partial charge is 0.306 e. The van der Waals surface area contributed by atoms with E-state index in [0.717, 1.165) is 5.56 Å². The minimum Gasteiger partial charge on any atom is -0.481 e. The van der Waals surface area contributed by atoms with Gasteiger partial charge in [-0.1, -0.05) is 51.1 Å². The Bertz CT molecular complexity index is 4090. The molecule has 10 bridgehead atoms. The number of benzene rings is 1. The molecule has 2 saturated carbocycles. The number of methoxy groups -OCH3 is 1. The highest BCUT2D eigenvalue weighted by molar-refractivity contribution is 7.15. The second kappa shape index (κ2) is 28.5. The lowest BCUT2D eigenvalue weighted by atomic mass is 9.81. The second-order valence-corrected chi connectivity index (χ2v) is 29.2. The molecule has 92 heavy (non-hydrogen) atoms. The molecule has 7 aromatic heterocycles. The van der Waals surface area contributed by atoms with Crippen molar-refractivity contribution in [1.82, 2.24) is 56.2 Å². The number of aliphatic carboxylic acids is 2. The summed E-state index contributed by atoms with van der Waals surface area (Å²) >= 11 is 7.52. The molecule has 1 aliphatic heterocycles. The predicted octanol–water partition coefficient (Wildman–Crippen LogP) is 10.7. The number of carbonyl (C=O) groups is 8. The SMILES string of the molecule is CNC(=O)C[C@@H]1NC(=O)c2csc(n2)-c2ccc(-c3nc(N(C(=O)C4CCC(C(=O)O)CC4)C4CC[C@@H](C(=O)O)C4)cs3)nc2-c2csc(n2)-c2csc(n2)[C@H]([C@@H](C)c2ccccc2)NC(=O)CNC(=O)c2nc(sc2COC)C(C(C)C)CC(=O)c2nc1sc2C. The number of pyridine rings is 1. The number of rotatable bonds is 13. The lowest BCUT2D eigenvalue weighted by molar-refractivity contribution is -0.144. The fourth-order valence-electron chi connectivity index (χ4n) is 11.9. The van der Waals surface area contributed by atoms with Crippen molar-refractivity contribution in [2.75, 3.05) is 25.6 Å². The average Bonchev–Trinajstić information content (AvgIpc) is 1.73. The van der Waals surface area contributed by atoms with Crippen LogP contribution < -0.4 is 26.2 Å². The van der Waals surface area contributed by atoms with Crippen LogP contribution in [-0.2, 0) is 35.3 Å². The summed E-state index contributed by atoms with van der Waals surface area (Å²) in [6, 6.07) is 11.2. The monoisotopic (exact) mass is 1360 g/mol. The van der Waals surface area contributed by atoms with Crippen LogP contribution in [0, 0.1) is 30.6 Å². The second-order valence-electron chi connectivity index (χ2n) is 23.4. The summed E-state index contributed by atoms with van der Waals surface area (Å²) in [6.07, 6.45) is 2.30. The topological polar surface area (TPSA) is 328 Å². The van der Waals surface area contributed by atoms with E-state index in [0.29, 0.717) is 112 Å². The molecule has 1 aromatic carbocycles. The van der Waals surface area contributed by atoms with Crippen molar-refractivity contribution in [3.05, 3.63) is 111 Å². The molecule has 2 aliphatic carbocycles. The van der Waals surface area contributed by atoms with Gasteiger partial charge in [0.05, 0.1) is 59.1 Å². The van der Waals surface area contributed by atoms with Gasteiger partial charge < -0.3 is 36.2 Å². The van der Waals surface area contributed by atoms with Gasteiger partial charge in [-0.05, 0) is 75.5 Å². The van der Waals surface area contributed by atoms with Crippen LogP contribution >= 0.6 is 68.0 Å². The predicted molar refractivity (Wildman–Crippen MR) is 351 cm³/mol. The van der Waals surface area contributed by atoms with Crippen LogP contribution in [0.2, 0.25) is 0 Å². The van der Waals surface area contributed by atoms with E-state index in [2.05, 4.69) is 21.3 Å². The standard InChI is InChI=1S/C63H66N12O11S6/c1-29(2)38-21-44(76)50-31(4)91-59(73-50)40(22-47(77)64-5)67-53(79)42-26-87-55(69-42)37-18-19-39(57-71-46(28-90-57)75(36-17-16-35(20-36)63(84)85)61(81)33-12-14-34(15-13-33)62(82)83)66-51(37)41-25-88-58(68-41)43-27-89-60(70-43)49(30(3)32-10-8-7-9-11-32)72-48(78)23-65-54(80)52-45(24-86-6)92-56(38)74-52/h7-11,18-19,25-30,33-36,38,40,49H,12-17,20-24H2,1-6H3,(H,64,77)(H,65,80)(H,67,79)(H,72,78)(H,82,83)(H,84,85)/t30-,33?,34?,35+,36?,38?,40-,49-/m0/s1. The van der Waals surface area contributed by atoms with Crippen molar-refractivity contribution in [1.29, 1.82) is 0 Å². The highest BCUT2D eigenvalue weighted by Crippen LogP contribution is 2.43. The van der Waals surface area contributed by atoms with Crippen molar-refractivity contribution in [3.63, 3.8) is 0 Å². The normalized spacial score (nSPS) is 21.0. The number of aromatic nitrogens is 7. The van der Waals surface area contributed by atoms with Gasteiger partial charge >= 0.3 is 11.9 Å². The molecule has 0 radical (unpaired) electrons. The van der Waals surface area contributed by atoms with E-state index in [1.165, 1.54) is 82.2 Å². The Hall–Kier alpha value is -7.93. The number of anilines is 1. The Kier molecular flexibility index (Phi) is 20.3. The summed E-state index contributed by atoms with van der Waals surface area (Å²) in [6.45, 7) is 7.30. The summed E-state index contributed by atoms with van der Waals surface area (Å²) in [4.78, 5) is 147. The summed E-state index contributed by atoms with van der Waals surface area (Å²) in [7, 11) is 2.98. The quantitative estimate of drug-likeness (QED) is 0.0625. The van der Waals surface area contributed by atoms with Crippen LogP contribution in [0.3, 0.4) is 0 Å². The molecule has 6 atom stereocenters. The highest BCUT2D eigenvalue weighted by Gasteiger charge is 2.41. The van der Waals surface area contributed by atoms with Crippen LogP contribution in [-0.4, -0.2) is 119 Å². The number of hydrogen-bond acceptors (Lipinski definition) is 22. The minimum absolute atomic E-state index is 0.0283. The number of carboxylic acid groups (broad SMARTS) is 2. The number of Topliss-reactive ketones (excluding diaryl/α,β-unsaturated/α-hetero) is 1. The van der Waals surface area contributed by atoms with E-state index in [1.807, 2.05) is 61.9 Å². The van der Waals surface area contributed by atoms with Crippen LogP contribution in [0.5, 0.6) is 0 Å². The van der Waals surface area contributed by atoms with Gasteiger partial charge in [0, 0.05) is 76.3 Å². The van der Waals surface area contributed by atoms with Gasteiger partial charge in [-0.3, -0.25) is 43.3 Å². The Morgan fingerprint density at radius 3 is 2.07 bits per heavy atom. The number of nitrogens with zero attached hydrogens (tertiary/aromatic N) is 8. The van der Waals surface area contributed by atoms with E-state index in [4.69, 9.17) is 39.6 Å². The first-order valence-electron chi connectivity index (χ1n) is 30.0. The molecule has 2 fully saturated rings. The van der Waals surface area contributed by atoms with Gasteiger partial charge in [0.1, 0.15) is 65.0 Å². The molecule has 8 heterocycles. The van der Waals surface area contributed by atoms with Gasteiger partial charge in [-0.2, -0.15) is 0 Å². The maximum Gasteiger partial charge on any atom is 0.306 e. The largest absolute Gasteiger partial charge is 0.481 e. The van der Waals surface area contributed by atoms with Gasteiger partial charge in [0.25, 0.3) is 11.8 Å². The minimum atomic E-state index is -0.977. The number of aryl methyl sites for hydroxylation is 1. The molecule has 23 nitrogen and oxygen atoms in total. The molecule has 2 unspecified atom stereocenters. The van der Waals surface area contributed by atoms with Crippen molar-refractivity contribution < 1.29 is 53.3 Å². The molecule has 480 valence electrons. The highest BCUT2D eigenvalue weighted by atomic mass is 32.1. The lowest BCUT2D eigenvalue weighted by Crippen LogP contribution is -2.44. The number of carbonyl (C=O) groups excluding carboxylic acids is 6. The molecular weight excluding hydrogens is 1290 g/mol. The van der Waals surface area contributed by atoms with Gasteiger partial charge in [-0.25, -0.2) is 34.9 Å². The third-order valence-corrected chi connectivity index (χ3v) is 22.8. The Balaban J connectivity index is 0.987. The van der Waals surface area contributed by atoms with E-state index in [9.17, 15) is 48.6 Å². The van der Waals surface area contributed by atoms with Crippen molar-refractivity contribution in [2.45, 2.75) is 122 Å². The zero-order valence-electron chi connectivity index (χ0n) is 50.9. The number of ketones is 1. The number of ether oxygens (including phenoxy) is 1. The average molecular weight is 1360 g/mol. The molecule has 6 N–H and O–H groups in total. The molecule has 3 aliphatic rings. The number of amides is 5. The molecule has 0 spiro atoms. The molecule has 29 heteroatoms. The van der Waals surface area contributed by atoms with Crippen molar-refractivity contribution in [3.8, 4) is 43.4 Å². The molecule has 8 aromatic rings. The van der Waals surface area contributed by atoms with E-state index in [-0.39, 0.29) is 66.5 Å². The van der Waals surface area contributed by atoms with Crippen LogP contribution in [0.25, 0.3) is 43.4 Å². The molecule has 5 amide bonds. The summed E-state index contributed by atoms with van der Waals surface area (Å²) in [5.41, 5.74) is 3.44. The maximum absolute atomic E-state index is 14.6. The van der Waals surface area contributed by atoms with E-state index < -0.39 is 83.9 Å². The third kappa shape index (κ3) is 14.3. The Morgan fingerprint density at radius 2 is 1.35 bits per heavy atom. The van der Waals surface area contributed by atoms with Gasteiger partial charge in [0.15, 0.2) is 5.78 Å². The summed E-state index contributed by atoms with van der Waals surface area (Å²) < 4.78 is 5.51. The number of nitrogens with one attached hydrogen (secondary N) is 4. The molecule has 11 rings (SSSR count). The Morgan fingerprint density at radius 1 is 0.674 bits per heavy atom. The maximum atomic E-state index is 14.6. The number of hydrogen-bond donors (Lipinski definition) is 6. The van der Waals surface area contributed by atoms with Crippen LogP contribution in [0.15, 0.2) is 64.0 Å². The third-order valence-electron chi connectivity index (χ3n) is 17.0. The first kappa shape index (κ1) is 65.6. The lowest BCUT2D eigenvalue weighted by Gasteiger charge is -2.33. The summed E-state index contributed by atoms with van der Waals surface area (Å²) in [5, 5.41) is 41.1. The van der Waals surface area contributed by atoms with E-state index >= 15 is 0 Å². The first-order valence-corrected chi connectivity index (χ1v) is 35.2. The summed E-state index contributed by atoms with van der Waals surface area (Å²) in [5.74, 6) is -6.61. The number of thiazole rings is 6. The van der Waals surface area contributed by atoms with Gasteiger partial charge in [-0.15, -0.1) is 68.0 Å². The van der Waals surface area contributed by atoms with Crippen LogP contribution in [0.1, 0.15) is 164 Å². The number of carboxylic acids is 2. The van der Waals surface area contributed by atoms with E-state index in [1.54, 1.807) is 34.7 Å². The van der Waals surface area contributed by atoms with Crippen LogP contribution in [0.4, 0.5) is 5.82 Å². The zero-order valence-corrected chi connectivity index (χ0v) is 55.8. The van der Waals surface area contributed by atoms with Crippen molar-refractivity contribution in [2.24, 2.45) is 23.7 Å².